The minimum absolute atomic E-state index is 0.0610. The van der Waals surface area contributed by atoms with Gasteiger partial charge in [-0.1, -0.05) is 60.5 Å². The molecule has 6 atom stereocenters. The molecule has 7 rings (SSSR count). The highest BCUT2D eigenvalue weighted by atomic mass is 32.2. The number of thioether (sulfide) groups is 1. The largest absolute Gasteiger partial charge is 0.460 e. The van der Waals surface area contributed by atoms with Crippen molar-refractivity contribution in [2.45, 2.75) is 73.7 Å². The Morgan fingerprint density at radius 2 is 1.70 bits per heavy atom. The van der Waals surface area contributed by atoms with E-state index >= 15 is 0 Å². The number of rotatable bonds is 17. The average molecular weight is 777 g/mol. The van der Waals surface area contributed by atoms with E-state index in [-0.39, 0.29) is 54.6 Å². The number of nitrogens with one attached hydrogen (secondary N) is 1. The predicted molar refractivity (Wildman–Crippen MR) is 223 cm³/mol. The number of aliphatic hydroxyl groups is 2. The molecule has 0 radical (unpaired) electrons. The van der Waals surface area contributed by atoms with Gasteiger partial charge in [0.15, 0.2) is 0 Å². The Labute approximate surface area is 333 Å². The minimum atomic E-state index is -1.11. The predicted octanol–water partition coefficient (Wildman–Crippen LogP) is 9.65. The van der Waals surface area contributed by atoms with Gasteiger partial charge in [-0.05, 0) is 108 Å². The highest BCUT2D eigenvalue weighted by Crippen LogP contribution is 2.63. The van der Waals surface area contributed by atoms with E-state index in [1.165, 1.54) is 6.92 Å². The van der Waals surface area contributed by atoms with E-state index < -0.39 is 5.79 Å². The Morgan fingerprint density at radius 3 is 2.43 bits per heavy atom. The van der Waals surface area contributed by atoms with Gasteiger partial charge in [0.2, 0.25) is 11.7 Å². The number of anilines is 1. The van der Waals surface area contributed by atoms with E-state index in [1.54, 1.807) is 24.9 Å². The molecule has 4 aromatic rings. The quantitative estimate of drug-likeness (QED) is 0.0551. The summed E-state index contributed by atoms with van der Waals surface area (Å²) in [6.07, 6.45) is 9.67. The number of unbranched alkanes of at least 4 members (excludes halogenated alkanes) is 2. The third-order valence-corrected chi connectivity index (χ3v) is 12.6. The smallest absolute Gasteiger partial charge is 0.231 e. The summed E-state index contributed by atoms with van der Waals surface area (Å²) in [7, 11) is 1.59. The molecule has 56 heavy (non-hydrogen) atoms. The summed E-state index contributed by atoms with van der Waals surface area (Å²) in [5.41, 5.74) is 3.71. The highest BCUT2D eigenvalue weighted by molar-refractivity contribution is 8.00. The molecule has 1 heterocycles. The SMILES string of the molecule is C=CCO[C@@]12Oc3ccc(Oc4ccc5ccccc5c4)cc3[C@H]3[C@H](CCCCO)[C@@H](CCCCO)C=C(C(=NOC)C[C@@H]1Sc1ccc(NC(C)=O)cc1)[C@H]32. The first-order valence-electron chi connectivity index (χ1n) is 19.7. The van der Waals surface area contributed by atoms with Crippen LogP contribution in [0.1, 0.15) is 63.4 Å². The molecule has 294 valence electrons. The van der Waals surface area contributed by atoms with Gasteiger partial charge in [0, 0.05) is 48.6 Å². The van der Waals surface area contributed by atoms with Crippen molar-refractivity contribution < 1.29 is 34.1 Å². The number of nitrogens with zero attached hydrogens (tertiary/aromatic N) is 1. The van der Waals surface area contributed by atoms with Crippen LogP contribution in [-0.2, 0) is 14.4 Å². The summed E-state index contributed by atoms with van der Waals surface area (Å²) in [5, 5.41) is 29.2. The lowest BCUT2D eigenvalue weighted by Gasteiger charge is -2.58. The molecule has 10 heteroatoms. The van der Waals surface area contributed by atoms with E-state index in [0.717, 1.165) is 87.6 Å². The van der Waals surface area contributed by atoms with Crippen molar-refractivity contribution >= 4 is 39.8 Å². The molecule has 4 aromatic carbocycles. The van der Waals surface area contributed by atoms with Gasteiger partial charge in [-0.15, -0.1) is 18.3 Å². The number of hydrogen-bond donors (Lipinski definition) is 3. The van der Waals surface area contributed by atoms with Crippen LogP contribution in [-0.4, -0.2) is 59.8 Å². The number of fused-ring (bicyclic) bond motifs is 3. The molecule has 2 aliphatic carbocycles. The highest BCUT2D eigenvalue weighted by Gasteiger charge is 2.64. The number of ether oxygens (including phenoxy) is 3. The van der Waals surface area contributed by atoms with Gasteiger partial charge in [0.05, 0.1) is 23.5 Å². The summed E-state index contributed by atoms with van der Waals surface area (Å²) in [5.74, 6) is 1.01. The summed E-state index contributed by atoms with van der Waals surface area (Å²) in [4.78, 5) is 18.3. The summed E-state index contributed by atoms with van der Waals surface area (Å²) in [6.45, 7) is 6.09. The van der Waals surface area contributed by atoms with Crippen molar-refractivity contribution in [2.24, 2.45) is 22.9 Å². The second kappa shape index (κ2) is 18.1. The molecule has 0 aromatic heterocycles. The van der Waals surface area contributed by atoms with Gasteiger partial charge in [-0.2, -0.15) is 0 Å². The maximum absolute atomic E-state index is 11.8. The standard InChI is InChI=1S/C46H52N2O7S/c1-4-25-53-46-43(56-37-20-16-34(17-21-37)47-30(2)51)29-41(48-52-3)39-27-33(13-7-9-23-49)38(14-8-10-24-50)44(45(39)46)40-28-36(19-22-42(40)55-46)54-35-18-15-31-11-5-6-12-32(31)26-35/h4-6,11-12,15-22,26-28,33,38,43-45,49-50H,1,7-10,13-14,23-25,29H2,2-3H3,(H,47,51)/t33-,38+,43-,44+,45+,46+/m0/s1. The molecule has 0 spiro atoms. The van der Waals surface area contributed by atoms with Crippen molar-refractivity contribution in [3.8, 4) is 17.2 Å². The van der Waals surface area contributed by atoms with E-state index in [2.05, 4.69) is 53.5 Å². The van der Waals surface area contributed by atoms with Gasteiger partial charge in [0.25, 0.3) is 0 Å². The number of hydrogen-bond acceptors (Lipinski definition) is 9. The normalized spacial score (nSPS) is 24.4. The van der Waals surface area contributed by atoms with Crippen molar-refractivity contribution in [1.82, 2.24) is 0 Å². The average Bonchev–Trinajstić information content (AvgIpc) is 3.20. The number of amides is 1. The Balaban J connectivity index is 1.37. The Morgan fingerprint density at radius 1 is 0.964 bits per heavy atom. The zero-order valence-electron chi connectivity index (χ0n) is 32.2. The van der Waals surface area contributed by atoms with Crippen LogP contribution in [0.5, 0.6) is 17.2 Å². The molecule has 0 bridgehead atoms. The van der Waals surface area contributed by atoms with Crippen LogP contribution in [0.25, 0.3) is 10.8 Å². The third-order valence-electron chi connectivity index (χ3n) is 11.2. The van der Waals surface area contributed by atoms with Crippen LogP contribution in [0.4, 0.5) is 5.69 Å². The second-order valence-electron chi connectivity index (χ2n) is 14.9. The number of allylic oxidation sites excluding steroid dienone is 1. The molecule has 1 saturated carbocycles. The number of carbonyl (C=O) groups excluding carboxylic acids is 1. The number of benzene rings is 4. The molecular weight excluding hydrogens is 725 g/mol. The first kappa shape index (κ1) is 39.6. The van der Waals surface area contributed by atoms with Crippen molar-refractivity contribution in [3.05, 3.63) is 115 Å². The van der Waals surface area contributed by atoms with Gasteiger partial charge in [0.1, 0.15) is 24.4 Å². The minimum Gasteiger partial charge on any atom is -0.460 e. The molecular formula is C46H52N2O7S. The zero-order chi connectivity index (χ0) is 39.1. The Kier molecular flexibility index (Phi) is 12.8. The summed E-state index contributed by atoms with van der Waals surface area (Å²) < 4.78 is 20.9. The molecule has 3 aliphatic rings. The first-order chi connectivity index (χ1) is 27.4. The molecule has 1 aliphatic heterocycles. The Bertz CT molecular complexity index is 2070. The maximum atomic E-state index is 11.8. The Hall–Kier alpha value is -4.61. The van der Waals surface area contributed by atoms with Crippen molar-refractivity contribution in [2.75, 3.05) is 32.2 Å². The van der Waals surface area contributed by atoms with E-state index in [9.17, 15) is 15.0 Å². The topological polar surface area (TPSA) is 119 Å². The number of carbonyl (C=O) groups is 1. The lowest BCUT2D eigenvalue weighted by atomic mass is 9.56. The van der Waals surface area contributed by atoms with E-state index in [0.29, 0.717) is 12.8 Å². The van der Waals surface area contributed by atoms with E-state index in [4.69, 9.17) is 19.0 Å². The van der Waals surface area contributed by atoms with Gasteiger partial charge < -0.3 is 34.6 Å². The molecule has 0 unspecified atom stereocenters. The van der Waals surface area contributed by atoms with Crippen LogP contribution in [0.3, 0.4) is 0 Å². The van der Waals surface area contributed by atoms with Gasteiger partial charge >= 0.3 is 0 Å². The number of aliphatic hydroxyl groups excluding tert-OH is 2. The fraction of sp³-hybridized carbons (Fsp3) is 0.391. The van der Waals surface area contributed by atoms with Gasteiger partial charge in [-0.3, -0.25) is 4.79 Å². The monoisotopic (exact) mass is 776 g/mol. The van der Waals surface area contributed by atoms with Crippen LogP contribution in [0, 0.1) is 17.8 Å². The first-order valence-corrected chi connectivity index (χ1v) is 20.6. The summed E-state index contributed by atoms with van der Waals surface area (Å²) in [6, 6.07) is 28.4. The summed E-state index contributed by atoms with van der Waals surface area (Å²) >= 11 is 1.67. The van der Waals surface area contributed by atoms with Crippen LogP contribution < -0.4 is 14.8 Å². The molecule has 1 fully saturated rings. The lowest BCUT2D eigenvalue weighted by molar-refractivity contribution is -0.223. The fourth-order valence-electron chi connectivity index (χ4n) is 8.95. The van der Waals surface area contributed by atoms with Gasteiger partial charge in [-0.25, -0.2) is 0 Å². The zero-order valence-corrected chi connectivity index (χ0v) is 33.0. The van der Waals surface area contributed by atoms with Crippen molar-refractivity contribution in [1.29, 1.82) is 0 Å². The number of oxime groups is 1. The molecule has 3 N–H and O–H groups in total. The maximum Gasteiger partial charge on any atom is 0.231 e. The van der Waals surface area contributed by atoms with Crippen molar-refractivity contribution in [3.63, 3.8) is 0 Å². The van der Waals surface area contributed by atoms with Crippen LogP contribution in [0.2, 0.25) is 0 Å². The molecule has 0 saturated heterocycles. The van der Waals surface area contributed by atoms with Crippen LogP contribution >= 0.6 is 11.8 Å². The lowest BCUT2D eigenvalue weighted by Crippen LogP contribution is -2.64. The molecule has 9 nitrogen and oxygen atoms in total. The van der Waals surface area contributed by atoms with Crippen LogP contribution in [0.15, 0.2) is 119 Å². The third kappa shape index (κ3) is 8.39. The second-order valence-corrected chi connectivity index (χ2v) is 16.1. The van der Waals surface area contributed by atoms with E-state index in [1.807, 2.05) is 54.6 Å². The fourth-order valence-corrected chi connectivity index (χ4v) is 10.2. The molecule has 1 amide bonds.